The summed E-state index contributed by atoms with van der Waals surface area (Å²) in [4.78, 5) is 4.67. The Morgan fingerprint density at radius 2 is 2.00 bits per heavy atom. The topological polar surface area (TPSA) is 94.0 Å². The highest BCUT2D eigenvalue weighted by atomic mass is 32.1. The number of nitrogens with zero attached hydrogens (tertiary/aromatic N) is 5. The zero-order valence-electron chi connectivity index (χ0n) is 12.9. The second kappa shape index (κ2) is 5.89. The second-order valence-corrected chi connectivity index (χ2v) is 6.38. The summed E-state index contributed by atoms with van der Waals surface area (Å²) in [6.45, 7) is 2.01. The number of hydrogen-bond donors (Lipinski definition) is 2. The van der Waals surface area contributed by atoms with Crippen LogP contribution in [0.25, 0.3) is 16.9 Å². The first-order valence-corrected chi connectivity index (χ1v) is 8.28. The minimum absolute atomic E-state index is 0.0433. The highest BCUT2D eigenvalue weighted by molar-refractivity contribution is 7.15. The van der Waals surface area contributed by atoms with Crippen LogP contribution < -0.4 is 11.1 Å². The van der Waals surface area contributed by atoms with Crippen LogP contribution in [0.3, 0.4) is 0 Å². The molecule has 0 saturated carbocycles. The van der Waals surface area contributed by atoms with Gasteiger partial charge in [0.2, 0.25) is 5.13 Å². The summed E-state index contributed by atoms with van der Waals surface area (Å²) >= 11 is 1.37. The van der Waals surface area contributed by atoms with E-state index in [1.807, 2.05) is 49.4 Å². The summed E-state index contributed by atoms with van der Waals surface area (Å²) in [6.07, 6.45) is 1.73. The van der Waals surface area contributed by atoms with E-state index in [1.54, 1.807) is 10.7 Å². The van der Waals surface area contributed by atoms with Gasteiger partial charge in [-0.15, -0.1) is 10.2 Å². The molecule has 120 valence electrons. The highest BCUT2D eigenvalue weighted by Crippen LogP contribution is 2.26. The van der Waals surface area contributed by atoms with Crippen LogP contribution in [-0.4, -0.2) is 24.8 Å². The van der Waals surface area contributed by atoms with Crippen molar-refractivity contribution in [2.24, 2.45) is 0 Å². The number of benzene rings is 1. The van der Waals surface area contributed by atoms with Gasteiger partial charge < -0.3 is 11.1 Å². The molecule has 1 aromatic carbocycles. The number of rotatable bonds is 4. The third-order valence-corrected chi connectivity index (χ3v) is 4.56. The van der Waals surface area contributed by atoms with Gasteiger partial charge in [0, 0.05) is 17.7 Å². The largest absolute Gasteiger partial charge is 0.374 e. The normalized spacial score (nSPS) is 12.4. The van der Waals surface area contributed by atoms with Crippen molar-refractivity contribution in [2.45, 2.75) is 13.0 Å². The molecule has 4 rings (SSSR count). The highest BCUT2D eigenvalue weighted by Gasteiger charge is 2.14. The number of anilines is 2. The monoisotopic (exact) mass is 337 g/mol. The van der Waals surface area contributed by atoms with Crippen LogP contribution >= 0.6 is 11.3 Å². The Morgan fingerprint density at radius 3 is 2.75 bits per heavy atom. The molecule has 3 aromatic heterocycles. The van der Waals surface area contributed by atoms with E-state index in [9.17, 15) is 0 Å². The van der Waals surface area contributed by atoms with E-state index < -0.39 is 0 Å². The van der Waals surface area contributed by atoms with E-state index in [0.29, 0.717) is 5.13 Å². The standard InChI is InChI=1S/C16H15N7S/c1-10(15-21-22-16(17)24-15)19-14-9-12(11-5-3-2-4-6-11)20-13-7-8-18-23(13)14/h2-10,19H,1H3,(H2,17,22)/t10-/m1/s1. The Labute approximate surface area is 142 Å². The molecule has 0 radical (unpaired) electrons. The van der Waals surface area contributed by atoms with Gasteiger partial charge in [0.15, 0.2) is 5.65 Å². The molecule has 7 nitrogen and oxygen atoms in total. The van der Waals surface area contributed by atoms with Gasteiger partial charge in [-0.05, 0) is 6.92 Å². The van der Waals surface area contributed by atoms with E-state index in [0.717, 1.165) is 27.7 Å². The number of nitrogen functional groups attached to an aromatic ring is 1. The Kier molecular flexibility index (Phi) is 3.58. The number of hydrogen-bond acceptors (Lipinski definition) is 7. The molecule has 0 saturated heterocycles. The Hall–Kier alpha value is -3.00. The van der Waals surface area contributed by atoms with E-state index in [2.05, 4.69) is 25.6 Å². The summed E-state index contributed by atoms with van der Waals surface area (Å²) in [5.41, 5.74) is 8.39. The van der Waals surface area contributed by atoms with Crippen LogP contribution in [0.15, 0.2) is 48.7 Å². The molecule has 3 heterocycles. The summed E-state index contributed by atoms with van der Waals surface area (Å²) in [6, 6.07) is 13.9. The average Bonchev–Trinajstić information content (AvgIpc) is 3.24. The SMILES string of the molecule is C[C@@H](Nc1cc(-c2ccccc2)nc2ccnn12)c1nnc(N)s1. The lowest BCUT2D eigenvalue weighted by molar-refractivity contribution is 0.814. The van der Waals surface area contributed by atoms with Gasteiger partial charge in [-0.2, -0.15) is 9.61 Å². The molecule has 0 bridgehead atoms. The molecule has 8 heteroatoms. The van der Waals surface area contributed by atoms with Crippen molar-refractivity contribution in [1.29, 1.82) is 0 Å². The molecule has 0 aliphatic rings. The summed E-state index contributed by atoms with van der Waals surface area (Å²) in [5, 5.41) is 17.0. The third-order valence-electron chi connectivity index (χ3n) is 3.62. The first-order valence-electron chi connectivity index (χ1n) is 7.46. The fourth-order valence-electron chi connectivity index (χ4n) is 2.48. The van der Waals surface area contributed by atoms with Crippen LogP contribution in [0.1, 0.15) is 18.0 Å². The lowest BCUT2D eigenvalue weighted by atomic mass is 10.1. The van der Waals surface area contributed by atoms with Gasteiger partial charge in [-0.3, -0.25) is 0 Å². The van der Waals surface area contributed by atoms with E-state index in [4.69, 9.17) is 5.73 Å². The van der Waals surface area contributed by atoms with Gasteiger partial charge in [-0.25, -0.2) is 4.98 Å². The summed E-state index contributed by atoms with van der Waals surface area (Å²) in [5.74, 6) is 0.838. The maximum Gasteiger partial charge on any atom is 0.203 e. The van der Waals surface area contributed by atoms with Crippen LogP contribution in [0.4, 0.5) is 10.9 Å². The number of nitrogens with one attached hydrogen (secondary N) is 1. The molecule has 0 aliphatic heterocycles. The van der Waals surface area contributed by atoms with Crippen LogP contribution in [0.2, 0.25) is 0 Å². The van der Waals surface area contributed by atoms with Gasteiger partial charge in [0.1, 0.15) is 10.8 Å². The smallest absolute Gasteiger partial charge is 0.203 e. The fourth-order valence-corrected chi connectivity index (χ4v) is 3.09. The average molecular weight is 337 g/mol. The Bertz CT molecular complexity index is 976. The maximum absolute atomic E-state index is 5.67. The van der Waals surface area contributed by atoms with Crippen molar-refractivity contribution in [3.63, 3.8) is 0 Å². The van der Waals surface area contributed by atoms with Crippen LogP contribution in [-0.2, 0) is 0 Å². The minimum Gasteiger partial charge on any atom is -0.374 e. The van der Waals surface area contributed by atoms with Crippen molar-refractivity contribution < 1.29 is 0 Å². The predicted molar refractivity (Wildman–Crippen MR) is 94.8 cm³/mol. The molecule has 24 heavy (non-hydrogen) atoms. The van der Waals surface area contributed by atoms with Crippen molar-refractivity contribution in [2.75, 3.05) is 11.1 Å². The molecule has 3 N–H and O–H groups in total. The van der Waals surface area contributed by atoms with Crippen LogP contribution in [0.5, 0.6) is 0 Å². The molecule has 0 spiro atoms. The van der Waals surface area contributed by atoms with E-state index in [1.165, 1.54) is 11.3 Å². The van der Waals surface area contributed by atoms with Gasteiger partial charge >= 0.3 is 0 Å². The van der Waals surface area contributed by atoms with E-state index >= 15 is 0 Å². The number of fused-ring (bicyclic) bond motifs is 1. The lowest BCUT2D eigenvalue weighted by Crippen LogP contribution is -2.11. The zero-order chi connectivity index (χ0) is 16.5. The minimum atomic E-state index is -0.0433. The predicted octanol–water partition coefficient (Wildman–Crippen LogP) is 3.00. The molecule has 1 atom stereocenters. The molecule has 0 amide bonds. The quantitative estimate of drug-likeness (QED) is 0.594. The van der Waals surface area contributed by atoms with Gasteiger partial charge in [0.25, 0.3) is 0 Å². The summed E-state index contributed by atoms with van der Waals surface area (Å²) < 4.78 is 1.77. The van der Waals surface area contributed by atoms with Gasteiger partial charge in [0.05, 0.1) is 17.9 Å². The lowest BCUT2D eigenvalue weighted by Gasteiger charge is -2.14. The molecular formula is C16H15N7S. The fraction of sp³-hybridized carbons (Fsp3) is 0.125. The Balaban J connectivity index is 1.75. The first-order chi connectivity index (χ1) is 11.7. The molecule has 0 unspecified atom stereocenters. The van der Waals surface area contributed by atoms with Gasteiger partial charge in [-0.1, -0.05) is 41.7 Å². The van der Waals surface area contributed by atoms with Crippen molar-refractivity contribution in [3.8, 4) is 11.3 Å². The Morgan fingerprint density at radius 1 is 1.17 bits per heavy atom. The zero-order valence-corrected chi connectivity index (χ0v) is 13.7. The van der Waals surface area contributed by atoms with Crippen molar-refractivity contribution in [1.82, 2.24) is 24.8 Å². The van der Waals surface area contributed by atoms with E-state index in [-0.39, 0.29) is 6.04 Å². The van der Waals surface area contributed by atoms with Crippen molar-refractivity contribution >= 4 is 27.9 Å². The number of nitrogens with two attached hydrogens (primary N) is 1. The molecule has 0 aliphatic carbocycles. The molecule has 0 fully saturated rings. The van der Waals surface area contributed by atoms with Crippen LogP contribution in [0, 0.1) is 0 Å². The maximum atomic E-state index is 5.67. The van der Waals surface area contributed by atoms with Crippen molar-refractivity contribution in [3.05, 3.63) is 53.7 Å². The second-order valence-electron chi connectivity index (χ2n) is 5.34. The molecular weight excluding hydrogens is 322 g/mol. The third kappa shape index (κ3) is 2.67. The molecule has 4 aromatic rings. The first kappa shape index (κ1) is 14.6. The summed E-state index contributed by atoms with van der Waals surface area (Å²) in [7, 11) is 0. The number of aromatic nitrogens is 5.